The lowest BCUT2D eigenvalue weighted by atomic mass is 10.1. The number of nitrogens with one attached hydrogen (secondary N) is 1. The van der Waals surface area contributed by atoms with Crippen LogP contribution >= 0.6 is 11.6 Å². The van der Waals surface area contributed by atoms with Crippen LogP contribution in [0.5, 0.6) is 0 Å². The maximum Gasteiger partial charge on any atom is 0.255 e. The summed E-state index contributed by atoms with van der Waals surface area (Å²) in [5, 5.41) is 7.15. The highest BCUT2D eigenvalue weighted by molar-refractivity contribution is 6.32. The second-order valence-corrected chi connectivity index (χ2v) is 6.40. The maximum atomic E-state index is 14.0. The van der Waals surface area contributed by atoms with Gasteiger partial charge in [0.25, 0.3) is 5.78 Å². The Hall–Kier alpha value is -2.35. The monoisotopic (exact) mass is 369 g/mol. The van der Waals surface area contributed by atoms with Crippen LogP contribution in [0, 0.1) is 23.4 Å². The van der Waals surface area contributed by atoms with Gasteiger partial charge in [0.2, 0.25) is 5.95 Å². The van der Waals surface area contributed by atoms with Crippen LogP contribution in [0.15, 0.2) is 18.3 Å². The lowest BCUT2D eigenvalue weighted by molar-refractivity contribution is 0.547. The summed E-state index contributed by atoms with van der Waals surface area (Å²) in [5.41, 5.74) is -0.515. The van der Waals surface area contributed by atoms with Crippen molar-refractivity contribution in [3.8, 4) is 11.1 Å². The molecule has 0 spiro atoms. The van der Waals surface area contributed by atoms with Gasteiger partial charge in [-0.1, -0.05) is 25.4 Å². The van der Waals surface area contributed by atoms with E-state index in [9.17, 15) is 13.2 Å². The molecule has 132 valence electrons. The summed E-state index contributed by atoms with van der Waals surface area (Å²) < 4.78 is 42.4. The summed E-state index contributed by atoms with van der Waals surface area (Å²) in [6.07, 6.45) is 1.31. The van der Waals surface area contributed by atoms with Crippen LogP contribution < -0.4 is 5.32 Å². The molecule has 0 saturated carbocycles. The van der Waals surface area contributed by atoms with Crippen molar-refractivity contribution >= 4 is 23.3 Å². The van der Waals surface area contributed by atoms with Crippen molar-refractivity contribution in [1.29, 1.82) is 0 Å². The fourth-order valence-electron chi connectivity index (χ4n) is 2.20. The summed E-state index contributed by atoms with van der Waals surface area (Å²) in [4.78, 5) is 8.20. The van der Waals surface area contributed by atoms with Crippen molar-refractivity contribution in [3.63, 3.8) is 0 Å². The minimum absolute atomic E-state index is 0.0440. The topological polar surface area (TPSA) is 55.1 Å². The van der Waals surface area contributed by atoms with Gasteiger partial charge in [0.1, 0.15) is 22.6 Å². The van der Waals surface area contributed by atoms with E-state index in [-0.39, 0.29) is 22.5 Å². The molecule has 1 aromatic carbocycles. The molecular formula is C16H15ClF3N5. The number of fused-ring (bicyclic) bond motifs is 1. The highest BCUT2D eigenvalue weighted by atomic mass is 35.5. The Bertz CT molecular complexity index is 918. The number of halogens is 4. The molecule has 25 heavy (non-hydrogen) atoms. The third-order valence-corrected chi connectivity index (χ3v) is 4.21. The average Bonchev–Trinajstić information content (AvgIpc) is 2.87. The Balaban J connectivity index is 2.08. The lowest BCUT2D eigenvalue weighted by Crippen LogP contribution is -2.22. The number of hydrogen-bond donors (Lipinski definition) is 1. The highest BCUT2D eigenvalue weighted by Gasteiger charge is 2.19. The highest BCUT2D eigenvalue weighted by Crippen LogP contribution is 2.31. The van der Waals surface area contributed by atoms with E-state index in [0.717, 1.165) is 0 Å². The molecule has 0 fully saturated rings. The number of hydrogen-bond acceptors (Lipinski definition) is 4. The van der Waals surface area contributed by atoms with Crippen molar-refractivity contribution < 1.29 is 13.2 Å². The molecule has 0 aliphatic heterocycles. The van der Waals surface area contributed by atoms with E-state index in [2.05, 4.69) is 20.4 Å². The van der Waals surface area contributed by atoms with Gasteiger partial charge in [-0.05, 0) is 12.8 Å². The quantitative estimate of drug-likeness (QED) is 0.696. The first kappa shape index (κ1) is 17.5. The second kappa shape index (κ2) is 6.51. The standard InChI is InChI=1S/C16H15ClF3N5/c1-7(2)8(3)21-15-23-16-22-14(17)10(6-25(16)24-15)13-11(19)4-9(18)5-12(13)20/h4-8H,1-3H3,(H,21,24)/t8-/m1/s1. The molecule has 9 heteroatoms. The summed E-state index contributed by atoms with van der Waals surface area (Å²) in [6.45, 7) is 6.06. The second-order valence-electron chi connectivity index (χ2n) is 6.05. The molecule has 1 atom stereocenters. The predicted octanol–water partition coefficient (Wildman–Crippen LogP) is 4.32. The van der Waals surface area contributed by atoms with Gasteiger partial charge < -0.3 is 5.32 Å². The Kier molecular flexibility index (Phi) is 4.55. The Morgan fingerprint density at radius 2 is 1.72 bits per heavy atom. The van der Waals surface area contributed by atoms with Crippen molar-refractivity contribution in [2.45, 2.75) is 26.8 Å². The fraction of sp³-hybridized carbons (Fsp3) is 0.312. The number of nitrogens with zero attached hydrogens (tertiary/aromatic N) is 4. The zero-order valence-corrected chi connectivity index (χ0v) is 14.4. The van der Waals surface area contributed by atoms with Crippen LogP contribution in [0.4, 0.5) is 19.1 Å². The molecule has 2 aromatic heterocycles. The van der Waals surface area contributed by atoms with Gasteiger partial charge in [-0.15, -0.1) is 5.10 Å². The van der Waals surface area contributed by atoms with E-state index < -0.39 is 23.0 Å². The summed E-state index contributed by atoms with van der Waals surface area (Å²) in [6, 6.07) is 1.27. The van der Waals surface area contributed by atoms with Crippen LogP contribution in [-0.4, -0.2) is 25.6 Å². The van der Waals surface area contributed by atoms with Crippen molar-refractivity contribution in [3.05, 3.63) is 40.9 Å². The van der Waals surface area contributed by atoms with Crippen LogP contribution in [0.3, 0.4) is 0 Å². The summed E-state index contributed by atoms with van der Waals surface area (Å²) >= 11 is 6.05. The van der Waals surface area contributed by atoms with E-state index >= 15 is 0 Å². The SMILES string of the molecule is CC(C)[C@@H](C)Nc1nc2nc(Cl)c(-c3c(F)cc(F)cc3F)cn2n1. The molecule has 1 N–H and O–H groups in total. The minimum Gasteiger partial charge on any atom is -0.350 e. The average molecular weight is 370 g/mol. The van der Waals surface area contributed by atoms with Gasteiger partial charge in [-0.3, -0.25) is 0 Å². The molecule has 0 bridgehead atoms. The van der Waals surface area contributed by atoms with Crippen molar-refractivity contribution in [2.24, 2.45) is 5.92 Å². The normalized spacial score (nSPS) is 12.8. The first-order chi connectivity index (χ1) is 11.8. The number of anilines is 1. The van der Waals surface area contributed by atoms with Crippen LogP contribution in [0.1, 0.15) is 20.8 Å². The van der Waals surface area contributed by atoms with Crippen LogP contribution in [-0.2, 0) is 0 Å². The van der Waals surface area contributed by atoms with E-state index in [1.165, 1.54) is 10.7 Å². The van der Waals surface area contributed by atoms with E-state index in [1.807, 2.05) is 20.8 Å². The van der Waals surface area contributed by atoms with E-state index in [0.29, 0.717) is 24.0 Å². The Morgan fingerprint density at radius 1 is 1.08 bits per heavy atom. The summed E-state index contributed by atoms with van der Waals surface area (Å²) in [5.74, 6) is -2.32. The molecule has 0 amide bonds. The Labute approximate surface area is 146 Å². The molecule has 5 nitrogen and oxygen atoms in total. The zero-order chi connectivity index (χ0) is 18.3. The lowest BCUT2D eigenvalue weighted by Gasteiger charge is -2.15. The molecule has 0 saturated heterocycles. The fourth-order valence-corrected chi connectivity index (χ4v) is 2.42. The molecule has 3 aromatic rings. The first-order valence-electron chi connectivity index (χ1n) is 7.60. The van der Waals surface area contributed by atoms with Crippen LogP contribution in [0.25, 0.3) is 16.9 Å². The third kappa shape index (κ3) is 3.39. The van der Waals surface area contributed by atoms with E-state index in [1.54, 1.807) is 0 Å². The predicted molar refractivity (Wildman–Crippen MR) is 89.0 cm³/mol. The molecule has 0 aliphatic rings. The van der Waals surface area contributed by atoms with Gasteiger partial charge in [-0.25, -0.2) is 17.7 Å². The number of rotatable bonds is 4. The largest absolute Gasteiger partial charge is 0.350 e. The van der Waals surface area contributed by atoms with Gasteiger partial charge >= 0.3 is 0 Å². The summed E-state index contributed by atoms with van der Waals surface area (Å²) in [7, 11) is 0. The molecule has 0 radical (unpaired) electrons. The molecule has 2 heterocycles. The maximum absolute atomic E-state index is 14.0. The first-order valence-corrected chi connectivity index (χ1v) is 7.98. The Morgan fingerprint density at radius 3 is 2.32 bits per heavy atom. The zero-order valence-electron chi connectivity index (χ0n) is 13.7. The molecule has 0 aliphatic carbocycles. The molecule has 3 rings (SSSR count). The molecular weight excluding hydrogens is 355 g/mol. The van der Waals surface area contributed by atoms with Gasteiger partial charge in [0, 0.05) is 29.9 Å². The number of aromatic nitrogens is 4. The molecule has 0 unspecified atom stereocenters. The van der Waals surface area contributed by atoms with E-state index in [4.69, 9.17) is 11.6 Å². The van der Waals surface area contributed by atoms with Gasteiger partial charge in [0.05, 0.1) is 5.56 Å². The van der Waals surface area contributed by atoms with Crippen molar-refractivity contribution in [1.82, 2.24) is 19.6 Å². The smallest absolute Gasteiger partial charge is 0.255 e. The van der Waals surface area contributed by atoms with Crippen molar-refractivity contribution in [2.75, 3.05) is 5.32 Å². The van der Waals surface area contributed by atoms with Gasteiger partial charge in [0.15, 0.2) is 0 Å². The number of benzene rings is 1. The minimum atomic E-state index is -1.08. The third-order valence-electron chi connectivity index (χ3n) is 3.92. The van der Waals surface area contributed by atoms with Gasteiger partial charge in [-0.2, -0.15) is 9.97 Å². The van der Waals surface area contributed by atoms with Crippen LogP contribution in [0.2, 0.25) is 5.15 Å².